The highest BCUT2D eigenvalue weighted by Gasteiger charge is 2.12. The first-order chi connectivity index (χ1) is 11.9. The number of amides is 1. The van der Waals surface area contributed by atoms with Gasteiger partial charge in [0.2, 0.25) is 5.91 Å². The molecule has 0 spiro atoms. The van der Waals surface area contributed by atoms with Crippen LogP contribution in [0.25, 0.3) is 0 Å². The van der Waals surface area contributed by atoms with E-state index >= 15 is 0 Å². The van der Waals surface area contributed by atoms with E-state index < -0.39 is 0 Å². The Balaban J connectivity index is 1.78. The van der Waals surface area contributed by atoms with Crippen LogP contribution in [-0.2, 0) is 4.79 Å². The van der Waals surface area contributed by atoms with Crippen molar-refractivity contribution in [2.75, 3.05) is 5.75 Å². The number of benzene rings is 2. The van der Waals surface area contributed by atoms with Crippen LogP contribution in [0.4, 0.5) is 0 Å². The maximum atomic E-state index is 12.2. The third-order valence-corrected chi connectivity index (χ3v) is 5.71. The summed E-state index contributed by atoms with van der Waals surface area (Å²) in [4.78, 5) is 13.4. The number of rotatable bonds is 7. The molecule has 0 radical (unpaired) electrons. The molecule has 0 aromatic heterocycles. The lowest BCUT2D eigenvalue weighted by Crippen LogP contribution is -2.27. The Morgan fingerprint density at radius 2 is 1.72 bits per heavy atom. The van der Waals surface area contributed by atoms with Crippen LogP contribution in [0.2, 0.25) is 5.02 Å². The summed E-state index contributed by atoms with van der Waals surface area (Å²) in [7, 11) is 0. The molecule has 0 aliphatic heterocycles. The Labute approximate surface area is 160 Å². The Kier molecular flexibility index (Phi) is 7.39. The lowest BCUT2D eigenvalue weighted by Gasteiger charge is -2.18. The fourth-order valence-electron chi connectivity index (χ4n) is 2.79. The molecule has 1 N–H and O–H groups in total. The Morgan fingerprint density at radius 1 is 1.08 bits per heavy atom. The van der Waals surface area contributed by atoms with Crippen molar-refractivity contribution < 1.29 is 4.79 Å². The molecule has 0 saturated carbocycles. The second-order valence-electron chi connectivity index (χ2n) is 6.49. The molecule has 134 valence electrons. The molecule has 0 saturated heterocycles. The predicted molar refractivity (Wildman–Crippen MR) is 109 cm³/mol. The van der Waals surface area contributed by atoms with E-state index in [1.54, 1.807) is 11.8 Å². The summed E-state index contributed by atoms with van der Waals surface area (Å²) >= 11 is 7.63. The number of halogens is 1. The van der Waals surface area contributed by atoms with Crippen molar-refractivity contribution in [3.8, 4) is 0 Å². The number of hydrogen-bond donors (Lipinski definition) is 1. The van der Waals surface area contributed by atoms with E-state index in [9.17, 15) is 4.79 Å². The molecule has 0 aliphatic carbocycles. The first-order valence-corrected chi connectivity index (χ1v) is 9.98. The van der Waals surface area contributed by atoms with E-state index in [1.165, 1.54) is 27.1 Å². The highest BCUT2D eigenvalue weighted by Crippen LogP contribution is 2.23. The molecular formula is C21H26ClNOS. The maximum absolute atomic E-state index is 12.2. The smallest absolute Gasteiger partial charge is 0.220 e. The van der Waals surface area contributed by atoms with E-state index in [0.29, 0.717) is 6.42 Å². The molecule has 1 amide bonds. The van der Waals surface area contributed by atoms with Gasteiger partial charge in [0, 0.05) is 16.3 Å². The minimum absolute atomic E-state index is 0.0377. The summed E-state index contributed by atoms with van der Waals surface area (Å²) in [5, 5.41) is 3.87. The fraction of sp³-hybridized carbons (Fsp3) is 0.381. The second kappa shape index (κ2) is 9.30. The highest BCUT2D eigenvalue weighted by molar-refractivity contribution is 7.99. The van der Waals surface area contributed by atoms with Gasteiger partial charge in [-0.1, -0.05) is 23.7 Å². The average Bonchev–Trinajstić information content (AvgIpc) is 2.56. The number of thioether (sulfide) groups is 1. The fourth-order valence-corrected chi connectivity index (χ4v) is 3.77. The van der Waals surface area contributed by atoms with Crippen LogP contribution in [0.15, 0.2) is 41.3 Å². The summed E-state index contributed by atoms with van der Waals surface area (Å²) in [6.07, 6.45) is 1.41. The molecule has 1 atom stereocenters. The molecule has 0 fully saturated rings. The molecule has 0 bridgehead atoms. The lowest BCUT2D eigenvalue weighted by atomic mass is 9.96. The molecular weight excluding hydrogens is 350 g/mol. The van der Waals surface area contributed by atoms with Crippen LogP contribution < -0.4 is 5.32 Å². The zero-order valence-electron chi connectivity index (χ0n) is 15.4. The zero-order valence-corrected chi connectivity index (χ0v) is 16.9. The van der Waals surface area contributed by atoms with Gasteiger partial charge in [0.25, 0.3) is 0 Å². The Bertz CT molecular complexity index is 727. The third kappa shape index (κ3) is 6.09. The molecule has 2 nitrogen and oxygen atoms in total. The van der Waals surface area contributed by atoms with Crippen molar-refractivity contribution in [1.29, 1.82) is 0 Å². The number of nitrogens with one attached hydrogen (secondary N) is 1. The van der Waals surface area contributed by atoms with Crippen LogP contribution >= 0.6 is 23.4 Å². The van der Waals surface area contributed by atoms with Crippen LogP contribution in [0, 0.1) is 20.8 Å². The van der Waals surface area contributed by atoms with Crippen LogP contribution in [0.5, 0.6) is 0 Å². The number of carbonyl (C=O) groups excluding carboxylic acids is 1. The minimum Gasteiger partial charge on any atom is -0.350 e. The molecule has 0 unspecified atom stereocenters. The third-order valence-electron chi connectivity index (χ3n) is 4.36. The van der Waals surface area contributed by atoms with Crippen molar-refractivity contribution in [2.24, 2.45) is 0 Å². The van der Waals surface area contributed by atoms with Crippen molar-refractivity contribution >= 4 is 29.3 Å². The van der Waals surface area contributed by atoms with Gasteiger partial charge in [-0.25, -0.2) is 0 Å². The van der Waals surface area contributed by atoms with Crippen molar-refractivity contribution in [2.45, 2.75) is 51.5 Å². The number of hydrogen-bond acceptors (Lipinski definition) is 2. The predicted octanol–water partition coefficient (Wildman–Crippen LogP) is 6.01. The topological polar surface area (TPSA) is 29.1 Å². The van der Waals surface area contributed by atoms with Gasteiger partial charge in [0.1, 0.15) is 0 Å². The summed E-state index contributed by atoms with van der Waals surface area (Å²) in [5.74, 6) is 1.04. The van der Waals surface area contributed by atoms with Crippen LogP contribution in [0.1, 0.15) is 48.1 Å². The van der Waals surface area contributed by atoms with Crippen LogP contribution in [-0.4, -0.2) is 11.7 Å². The molecule has 25 heavy (non-hydrogen) atoms. The van der Waals surface area contributed by atoms with E-state index in [-0.39, 0.29) is 11.9 Å². The highest BCUT2D eigenvalue weighted by atomic mass is 35.5. The lowest BCUT2D eigenvalue weighted by molar-refractivity contribution is -0.121. The van der Waals surface area contributed by atoms with Gasteiger partial charge in [-0.15, -0.1) is 11.8 Å². The first-order valence-electron chi connectivity index (χ1n) is 8.62. The quantitative estimate of drug-likeness (QED) is 0.474. The standard InChI is InChI=1S/C21H26ClNOS/c1-14-12-16(3)20(13-15(14)2)17(4)23-21(24)6-5-11-25-19-9-7-18(22)8-10-19/h7-10,12-13,17H,5-6,11H2,1-4H3,(H,23,24)/t17-/m0/s1. The summed E-state index contributed by atoms with van der Waals surface area (Å²) in [5.41, 5.74) is 4.99. The van der Waals surface area contributed by atoms with Gasteiger partial charge < -0.3 is 5.32 Å². The number of aryl methyl sites for hydroxylation is 3. The molecule has 0 aliphatic rings. The average molecular weight is 376 g/mol. The van der Waals surface area contributed by atoms with Gasteiger partial charge in [0.15, 0.2) is 0 Å². The number of carbonyl (C=O) groups is 1. The minimum atomic E-state index is 0.0377. The molecule has 4 heteroatoms. The van der Waals surface area contributed by atoms with Gasteiger partial charge in [-0.3, -0.25) is 4.79 Å². The zero-order chi connectivity index (χ0) is 18.4. The molecule has 2 aromatic carbocycles. The van der Waals surface area contributed by atoms with Gasteiger partial charge in [0.05, 0.1) is 6.04 Å². The van der Waals surface area contributed by atoms with Crippen molar-refractivity contribution in [1.82, 2.24) is 5.32 Å². The van der Waals surface area contributed by atoms with E-state index in [0.717, 1.165) is 17.2 Å². The van der Waals surface area contributed by atoms with Gasteiger partial charge in [-0.05, 0) is 86.4 Å². The Hall–Kier alpha value is -1.45. The normalized spacial score (nSPS) is 12.0. The van der Waals surface area contributed by atoms with Crippen molar-refractivity contribution in [3.05, 3.63) is 63.7 Å². The largest absolute Gasteiger partial charge is 0.350 e. The SMILES string of the molecule is Cc1cc(C)c([C@H](C)NC(=O)CCCSc2ccc(Cl)cc2)cc1C. The second-order valence-corrected chi connectivity index (χ2v) is 8.09. The maximum Gasteiger partial charge on any atom is 0.220 e. The van der Waals surface area contributed by atoms with E-state index in [1.807, 2.05) is 24.3 Å². The Morgan fingerprint density at radius 3 is 2.40 bits per heavy atom. The van der Waals surface area contributed by atoms with Gasteiger partial charge in [-0.2, -0.15) is 0 Å². The summed E-state index contributed by atoms with van der Waals surface area (Å²) in [6, 6.07) is 12.2. The monoisotopic (exact) mass is 375 g/mol. The van der Waals surface area contributed by atoms with Crippen LogP contribution in [0.3, 0.4) is 0 Å². The molecule has 2 rings (SSSR count). The summed E-state index contributed by atoms with van der Waals surface area (Å²) in [6.45, 7) is 8.39. The van der Waals surface area contributed by atoms with Gasteiger partial charge >= 0.3 is 0 Å². The van der Waals surface area contributed by atoms with E-state index in [4.69, 9.17) is 11.6 Å². The summed E-state index contributed by atoms with van der Waals surface area (Å²) < 4.78 is 0. The van der Waals surface area contributed by atoms with Crippen molar-refractivity contribution in [3.63, 3.8) is 0 Å². The molecule has 0 heterocycles. The van der Waals surface area contributed by atoms with E-state index in [2.05, 4.69) is 45.1 Å². The molecule has 2 aromatic rings. The first kappa shape index (κ1) is 19.9.